The Morgan fingerprint density at radius 2 is 1.80 bits per heavy atom. The molecule has 3 heteroatoms. The van der Waals surface area contributed by atoms with Gasteiger partial charge in [-0.1, -0.05) is 38.1 Å². The molecule has 1 aromatic heterocycles. The molecule has 0 aliphatic rings. The predicted octanol–water partition coefficient (Wildman–Crippen LogP) is 4.82. The first-order valence-electron chi connectivity index (χ1n) is 7.15. The summed E-state index contributed by atoms with van der Waals surface area (Å²) in [6.45, 7) is 11.9. The molecule has 0 saturated heterocycles. The molecule has 0 radical (unpaired) electrons. The van der Waals surface area contributed by atoms with E-state index in [-0.39, 0.29) is 5.54 Å². The van der Waals surface area contributed by atoms with Crippen LogP contribution in [0.1, 0.15) is 51.0 Å². The molecule has 1 aromatic carbocycles. The Hall–Kier alpha value is -1.19. The Labute approximate surface area is 126 Å². The van der Waals surface area contributed by atoms with E-state index in [0.717, 1.165) is 11.6 Å². The molecule has 2 rings (SSSR count). The van der Waals surface area contributed by atoms with E-state index in [1.165, 1.54) is 16.0 Å². The monoisotopic (exact) mass is 288 g/mol. The first-order valence-corrected chi connectivity index (χ1v) is 7.97. The quantitative estimate of drug-likeness (QED) is 0.872. The lowest BCUT2D eigenvalue weighted by molar-refractivity contribution is 0.426. The molecule has 108 valence electrons. The smallest absolute Gasteiger partial charge is 0.123 e. The van der Waals surface area contributed by atoms with Crippen LogP contribution in [0.5, 0.6) is 0 Å². The van der Waals surface area contributed by atoms with Gasteiger partial charge in [0.2, 0.25) is 0 Å². The van der Waals surface area contributed by atoms with E-state index >= 15 is 0 Å². The van der Waals surface area contributed by atoms with Gasteiger partial charge < -0.3 is 5.32 Å². The van der Waals surface area contributed by atoms with Crippen LogP contribution in [0.25, 0.3) is 10.6 Å². The van der Waals surface area contributed by atoms with Gasteiger partial charge in [0.25, 0.3) is 0 Å². The first kappa shape index (κ1) is 15.2. The van der Waals surface area contributed by atoms with Gasteiger partial charge in [0.05, 0.1) is 0 Å². The van der Waals surface area contributed by atoms with Gasteiger partial charge in [-0.25, -0.2) is 4.98 Å². The molecule has 2 nitrogen and oxygen atoms in total. The SMILES string of the molecule is CC(C)c1ccc(-c2ncc(CNC(C)(C)C)s2)cc1. The minimum Gasteiger partial charge on any atom is -0.307 e. The van der Waals surface area contributed by atoms with Crippen LogP contribution in [-0.2, 0) is 6.54 Å². The van der Waals surface area contributed by atoms with Gasteiger partial charge in [-0.2, -0.15) is 0 Å². The van der Waals surface area contributed by atoms with Crippen molar-refractivity contribution in [2.24, 2.45) is 0 Å². The minimum absolute atomic E-state index is 0.142. The Kier molecular flexibility index (Phi) is 4.61. The zero-order valence-corrected chi connectivity index (χ0v) is 13.8. The molecule has 2 aromatic rings. The number of nitrogens with one attached hydrogen (secondary N) is 1. The summed E-state index contributed by atoms with van der Waals surface area (Å²) in [5.41, 5.74) is 2.73. The molecule has 0 spiro atoms. The molecular weight excluding hydrogens is 264 g/mol. The van der Waals surface area contributed by atoms with Crippen molar-refractivity contribution < 1.29 is 0 Å². The first-order chi connectivity index (χ1) is 9.35. The largest absolute Gasteiger partial charge is 0.307 e. The summed E-state index contributed by atoms with van der Waals surface area (Å²) in [6.07, 6.45) is 1.98. The standard InChI is InChI=1S/C17H24N2S/c1-12(2)13-6-8-14(9-7-13)16-18-10-15(20-16)11-19-17(3,4)5/h6-10,12,19H,11H2,1-5H3. The number of hydrogen-bond donors (Lipinski definition) is 1. The maximum atomic E-state index is 4.54. The molecule has 0 aliphatic heterocycles. The predicted molar refractivity (Wildman–Crippen MR) is 88.2 cm³/mol. The van der Waals surface area contributed by atoms with E-state index in [1.807, 2.05) is 6.20 Å². The van der Waals surface area contributed by atoms with Crippen molar-refractivity contribution in [1.29, 1.82) is 0 Å². The highest BCUT2D eigenvalue weighted by atomic mass is 32.1. The number of benzene rings is 1. The number of thiazole rings is 1. The summed E-state index contributed by atoms with van der Waals surface area (Å²) in [5.74, 6) is 0.576. The number of rotatable bonds is 4. The van der Waals surface area contributed by atoms with Crippen molar-refractivity contribution >= 4 is 11.3 Å². The van der Waals surface area contributed by atoms with Crippen molar-refractivity contribution in [3.05, 3.63) is 40.9 Å². The van der Waals surface area contributed by atoms with Crippen LogP contribution in [0.4, 0.5) is 0 Å². The maximum absolute atomic E-state index is 4.54. The molecule has 0 unspecified atom stereocenters. The third-order valence-corrected chi connectivity index (χ3v) is 4.22. The molecule has 0 saturated carbocycles. The van der Waals surface area contributed by atoms with Gasteiger partial charge in [-0.15, -0.1) is 11.3 Å². The van der Waals surface area contributed by atoms with Gasteiger partial charge in [-0.3, -0.25) is 0 Å². The lowest BCUT2D eigenvalue weighted by atomic mass is 10.0. The lowest BCUT2D eigenvalue weighted by Crippen LogP contribution is -2.34. The van der Waals surface area contributed by atoms with Crippen molar-refractivity contribution in [3.63, 3.8) is 0 Å². The highest BCUT2D eigenvalue weighted by Crippen LogP contribution is 2.27. The lowest BCUT2D eigenvalue weighted by Gasteiger charge is -2.19. The summed E-state index contributed by atoms with van der Waals surface area (Å²) in [5, 5.41) is 4.60. The van der Waals surface area contributed by atoms with Crippen molar-refractivity contribution in [1.82, 2.24) is 10.3 Å². The molecule has 0 bridgehead atoms. The van der Waals surface area contributed by atoms with Gasteiger partial charge in [0.1, 0.15) is 5.01 Å². The highest BCUT2D eigenvalue weighted by Gasteiger charge is 2.10. The second-order valence-electron chi connectivity index (χ2n) is 6.51. The van der Waals surface area contributed by atoms with Crippen LogP contribution in [-0.4, -0.2) is 10.5 Å². The Morgan fingerprint density at radius 1 is 1.15 bits per heavy atom. The van der Waals surface area contributed by atoms with E-state index in [4.69, 9.17) is 0 Å². The summed E-state index contributed by atoms with van der Waals surface area (Å²) in [4.78, 5) is 5.82. The molecule has 0 amide bonds. The zero-order valence-electron chi connectivity index (χ0n) is 13.0. The number of nitrogens with zero attached hydrogens (tertiary/aromatic N) is 1. The van der Waals surface area contributed by atoms with Gasteiger partial charge in [-0.05, 0) is 32.3 Å². The number of aromatic nitrogens is 1. The van der Waals surface area contributed by atoms with Crippen LogP contribution < -0.4 is 5.32 Å². The van der Waals surface area contributed by atoms with Crippen molar-refractivity contribution in [2.45, 2.75) is 52.6 Å². The second-order valence-corrected chi connectivity index (χ2v) is 7.63. The fraction of sp³-hybridized carbons (Fsp3) is 0.471. The van der Waals surface area contributed by atoms with E-state index in [9.17, 15) is 0 Å². The Morgan fingerprint density at radius 3 is 2.35 bits per heavy atom. The fourth-order valence-corrected chi connectivity index (χ4v) is 2.74. The van der Waals surface area contributed by atoms with Crippen LogP contribution in [0.15, 0.2) is 30.5 Å². The van der Waals surface area contributed by atoms with Crippen LogP contribution in [0.3, 0.4) is 0 Å². The van der Waals surface area contributed by atoms with E-state index in [1.54, 1.807) is 11.3 Å². The van der Waals surface area contributed by atoms with Crippen molar-refractivity contribution in [2.75, 3.05) is 0 Å². The molecule has 0 aliphatic carbocycles. The summed E-state index contributed by atoms with van der Waals surface area (Å²) < 4.78 is 0. The Bertz CT molecular complexity index is 547. The van der Waals surface area contributed by atoms with Gasteiger partial charge in [0, 0.05) is 28.7 Å². The number of hydrogen-bond acceptors (Lipinski definition) is 3. The molecular formula is C17H24N2S. The van der Waals surface area contributed by atoms with E-state index in [2.05, 4.69) is 69.2 Å². The molecule has 1 N–H and O–H groups in total. The summed E-state index contributed by atoms with van der Waals surface area (Å²) in [6, 6.07) is 8.76. The van der Waals surface area contributed by atoms with Gasteiger partial charge in [0.15, 0.2) is 0 Å². The average molecular weight is 288 g/mol. The topological polar surface area (TPSA) is 24.9 Å². The third kappa shape index (κ3) is 4.15. The molecule has 0 atom stereocenters. The third-order valence-electron chi connectivity index (χ3n) is 3.17. The van der Waals surface area contributed by atoms with Crippen LogP contribution in [0.2, 0.25) is 0 Å². The minimum atomic E-state index is 0.142. The molecule has 20 heavy (non-hydrogen) atoms. The summed E-state index contributed by atoms with van der Waals surface area (Å²) >= 11 is 1.77. The summed E-state index contributed by atoms with van der Waals surface area (Å²) in [7, 11) is 0. The zero-order chi connectivity index (χ0) is 14.8. The second kappa shape index (κ2) is 6.06. The van der Waals surface area contributed by atoms with Crippen LogP contribution in [0, 0.1) is 0 Å². The maximum Gasteiger partial charge on any atom is 0.123 e. The normalized spacial score (nSPS) is 12.1. The fourth-order valence-electron chi connectivity index (χ4n) is 1.89. The van der Waals surface area contributed by atoms with E-state index < -0.39 is 0 Å². The molecule has 0 fully saturated rings. The van der Waals surface area contributed by atoms with Gasteiger partial charge >= 0.3 is 0 Å². The Balaban J connectivity index is 2.08. The van der Waals surface area contributed by atoms with Crippen molar-refractivity contribution in [3.8, 4) is 10.6 Å². The van der Waals surface area contributed by atoms with Crippen LogP contribution >= 0.6 is 11.3 Å². The van der Waals surface area contributed by atoms with E-state index in [0.29, 0.717) is 5.92 Å². The highest BCUT2D eigenvalue weighted by molar-refractivity contribution is 7.15. The molecule has 1 heterocycles. The average Bonchev–Trinajstić information content (AvgIpc) is 2.84.